The van der Waals surface area contributed by atoms with Gasteiger partial charge in [0.2, 0.25) is 0 Å². The largest absolute Gasteiger partial charge is 0.376 e. The van der Waals surface area contributed by atoms with E-state index in [-0.39, 0.29) is 39.3 Å². The van der Waals surface area contributed by atoms with Crippen LogP contribution < -0.4 is 15.7 Å². The molecule has 4 nitrogen and oxygen atoms in total. The van der Waals surface area contributed by atoms with Gasteiger partial charge in [-0.3, -0.25) is 0 Å². The molecule has 0 bridgehead atoms. The van der Waals surface area contributed by atoms with Crippen LogP contribution in [0.15, 0.2) is 115 Å². The second kappa shape index (κ2) is 13.8. The number of aryl methyl sites for hydroxylation is 1. The molecule has 9 aromatic rings. The van der Waals surface area contributed by atoms with E-state index in [1.165, 1.54) is 124 Å². The molecule has 3 aliphatic carbocycles. The molecule has 0 unspecified atom stereocenters. The van der Waals surface area contributed by atoms with Crippen LogP contribution in [0.5, 0.6) is 0 Å². The summed E-state index contributed by atoms with van der Waals surface area (Å²) in [5, 5.41) is 2.79. The molecule has 2 aliphatic heterocycles. The summed E-state index contributed by atoms with van der Waals surface area (Å²) < 4.78 is 5.09. The van der Waals surface area contributed by atoms with Crippen LogP contribution in [0.25, 0.3) is 72.2 Å². The minimum Gasteiger partial charge on any atom is -0.376 e. The number of anilines is 2. The fourth-order valence-electron chi connectivity index (χ4n) is 14.9. The van der Waals surface area contributed by atoms with Crippen molar-refractivity contribution in [2.45, 2.75) is 148 Å². The van der Waals surface area contributed by atoms with Crippen molar-refractivity contribution in [3.8, 4) is 39.3 Å². The maximum atomic E-state index is 5.56. The summed E-state index contributed by atoms with van der Waals surface area (Å²) in [7, 11) is 2.21. The Balaban J connectivity index is 1.23. The van der Waals surface area contributed by atoms with Crippen molar-refractivity contribution < 1.29 is 0 Å². The molecule has 4 heterocycles. The highest BCUT2D eigenvalue weighted by Crippen LogP contribution is 2.61. The average Bonchev–Trinajstić information content (AvgIpc) is 3.94. The summed E-state index contributed by atoms with van der Waals surface area (Å²) in [6, 6.07) is 45.6. The summed E-state index contributed by atoms with van der Waals surface area (Å²) in [4.78, 5) is 8.35. The molecule has 2 aromatic heterocycles. The van der Waals surface area contributed by atoms with Gasteiger partial charge in [0.1, 0.15) is 5.82 Å². The number of rotatable bonds is 2. The smallest absolute Gasteiger partial charge is 0.333 e. The summed E-state index contributed by atoms with van der Waals surface area (Å²) >= 11 is 0. The molecular weight excluding hydrogens is 872 g/mol. The van der Waals surface area contributed by atoms with Crippen molar-refractivity contribution in [2.24, 2.45) is 7.05 Å². The zero-order chi connectivity index (χ0) is 50.1. The molecule has 5 aliphatic rings. The summed E-state index contributed by atoms with van der Waals surface area (Å²) in [6.45, 7) is 31.9. The van der Waals surface area contributed by atoms with Gasteiger partial charge in [-0.05, 0) is 168 Å². The van der Waals surface area contributed by atoms with Gasteiger partial charge in [0.15, 0.2) is 0 Å². The van der Waals surface area contributed by atoms with Gasteiger partial charge >= 0.3 is 6.85 Å². The van der Waals surface area contributed by atoms with E-state index in [9.17, 15) is 0 Å². The number of nitrogens with zero attached hydrogens (tertiary/aromatic N) is 4. The first-order valence-electron chi connectivity index (χ1n) is 27.0. The highest BCUT2D eigenvalue weighted by atomic mass is 15.1. The number of fused-ring (bicyclic) bond motifs is 16. The van der Waals surface area contributed by atoms with Crippen LogP contribution in [0.3, 0.4) is 0 Å². The minimum atomic E-state index is -0.269. The van der Waals surface area contributed by atoms with Crippen LogP contribution in [-0.2, 0) is 39.5 Å². The number of benzene rings is 7. The molecule has 14 rings (SSSR count). The lowest BCUT2D eigenvalue weighted by molar-refractivity contribution is 0.332. The van der Waals surface area contributed by atoms with E-state index in [0.717, 1.165) is 35.3 Å². The summed E-state index contributed by atoms with van der Waals surface area (Å²) in [6.07, 6.45) is 4.66. The first-order chi connectivity index (χ1) is 34.0. The second-order valence-electron chi connectivity index (χ2n) is 27.0. The molecule has 0 N–H and O–H groups in total. The molecule has 0 fully saturated rings. The SMILES string of the molecule is Cn1c(-c2ccccc2)nc2cc3c(cc21)-n1c2cc4c(cc2c2c5c(c6c(c21)B3N(c1ccc(C(C)(C)C)cc1)c1cc2c(cc1-6)C(C)(C)CCC2(C)C)C(C)(C)c1ccccc1-5)C(C)(C)CCC4(C)C. The fraction of sp³-hybridized carbons (Fsp3) is 0.358. The third-order valence-electron chi connectivity index (χ3n) is 19.3. The van der Waals surface area contributed by atoms with Crippen LogP contribution in [0.4, 0.5) is 11.4 Å². The quantitative estimate of drug-likeness (QED) is 0.161. The van der Waals surface area contributed by atoms with Crippen molar-refractivity contribution in [3.05, 3.63) is 154 Å². The zero-order valence-corrected chi connectivity index (χ0v) is 45.2. The third-order valence-corrected chi connectivity index (χ3v) is 19.3. The molecule has 5 heteroatoms. The van der Waals surface area contributed by atoms with Crippen LogP contribution in [0, 0.1) is 0 Å². The van der Waals surface area contributed by atoms with Crippen molar-refractivity contribution in [1.82, 2.24) is 14.1 Å². The van der Waals surface area contributed by atoms with E-state index >= 15 is 0 Å². The standard InChI is InChI=1S/C67H69BN4/c1-62(2,3)39-24-26-40(27-25-39)72-52-35-48-46(64(6,7)29-31-66(48,10)11)33-43(52)57-58-55(41-22-18-19-23-44(41)67(58,12)13)56-42-32-45-47(65(8,9)30-28-63(45,4)5)34-51(42)71-53-37-54-50(36-49(53)68(72)59(57)60(56)71)69-61(70(54)14)38-20-16-15-17-21-38/h15-27,32-37H,28-31H2,1-14H3. The van der Waals surface area contributed by atoms with Crippen molar-refractivity contribution in [3.63, 3.8) is 0 Å². The molecular formula is C67H69BN4. The molecule has 0 spiro atoms. The highest BCUT2D eigenvalue weighted by molar-refractivity contribution is 6.94. The Hall–Kier alpha value is -6.33. The van der Waals surface area contributed by atoms with E-state index in [1.807, 2.05) is 0 Å². The molecule has 0 atom stereocenters. The highest BCUT2D eigenvalue weighted by Gasteiger charge is 2.52. The van der Waals surface area contributed by atoms with Gasteiger partial charge in [0.05, 0.1) is 22.1 Å². The average molecular weight is 941 g/mol. The van der Waals surface area contributed by atoms with Gasteiger partial charge < -0.3 is 13.9 Å². The third kappa shape index (κ3) is 5.64. The van der Waals surface area contributed by atoms with E-state index in [1.54, 1.807) is 0 Å². The monoisotopic (exact) mass is 941 g/mol. The van der Waals surface area contributed by atoms with Crippen LogP contribution in [0.2, 0.25) is 0 Å². The zero-order valence-electron chi connectivity index (χ0n) is 45.2. The minimum absolute atomic E-state index is 0.0225. The van der Waals surface area contributed by atoms with Gasteiger partial charge in [-0.15, -0.1) is 0 Å². The first kappa shape index (κ1) is 44.4. The van der Waals surface area contributed by atoms with Crippen LogP contribution in [0.1, 0.15) is 155 Å². The lowest BCUT2D eigenvalue weighted by Gasteiger charge is -2.47. The molecule has 72 heavy (non-hydrogen) atoms. The van der Waals surface area contributed by atoms with Crippen molar-refractivity contribution in [2.75, 3.05) is 4.81 Å². The molecule has 0 saturated carbocycles. The molecule has 360 valence electrons. The maximum Gasteiger partial charge on any atom is 0.333 e. The predicted octanol–water partition coefficient (Wildman–Crippen LogP) is 15.9. The normalized spacial score (nSPS) is 19.0. The number of hydrogen-bond donors (Lipinski definition) is 0. The fourth-order valence-corrected chi connectivity index (χ4v) is 14.9. The molecule has 7 aromatic carbocycles. The Morgan fingerprint density at radius 2 is 1.15 bits per heavy atom. The van der Waals surface area contributed by atoms with E-state index in [0.29, 0.717) is 0 Å². The Labute approximate surface area is 427 Å². The number of aromatic nitrogens is 3. The Kier molecular flexibility index (Phi) is 8.53. The summed E-state index contributed by atoms with van der Waals surface area (Å²) in [5.74, 6) is 0.990. The van der Waals surface area contributed by atoms with Gasteiger partial charge in [-0.1, -0.05) is 157 Å². The lowest BCUT2D eigenvalue weighted by atomic mass is 9.43. The Bertz CT molecular complexity index is 3880. The number of hydrogen-bond acceptors (Lipinski definition) is 2. The van der Waals surface area contributed by atoms with E-state index in [2.05, 4.69) is 226 Å². The van der Waals surface area contributed by atoms with Gasteiger partial charge in [0, 0.05) is 51.4 Å². The topological polar surface area (TPSA) is 26.0 Å². The van der Waals surface area contributed by atoms with Crippen molar-refractivity contribution >= 4 is 62.0 Å². The van der Waals surface area contributed by atoms with Crippen molar-refractivity contribution in [1.29, 1.82) is 0 Å². The Morgan fingerprint density at radius 1 is 0.556 bits per heavy atom. The maximum absolute atomic E-state index is 5.56. The van der Waals surface area contributed by atoms with E-state index < -0.39 is 0 Å². The predicted molar refractivity (Wildman–Crippen MR) is 306 cm³/mol. The van der Waals surface area contributed by atoms with Gasteiger partial charge in [0.25, 0.3) is 0 Å². The molecule has 0 radical (unpaired) electrons. The van der Waals surface area contributed by atoms with Gasteiger partial charge in [-0.2, -0.15) is 0 Å². The Morgan fingerprint density at radius 3 is 1.81 bits per heavy atom. The van der Waals surface area contributed by atoms with Crippen LogP contribution in [-0.4, -0.2) is 21.0 Å². The van der Waals surface area contributed by atoms with E-state index in [4.69, 9.17) is 4.98 Å². The summed E-state index contributed by atoms with van der Waals surface area (Å²) in [5.41, 5.74) is 28.3. The van der Waals surface area contributed by atoms with Crippen LogP contribution >= 0.6 is 0 Å². The first-order valence-corrected chi connectivity index (χ1v) is 27.0. The second-order valence-corrected chi connectivity index (χ2v) is 27.0. The molecule has 0 saturated heterocycles. The lowest BCUT2D eigenvalue weighted by Crippen LogP contribution is -2.61. The number of imidazole rings is 1. The molecule has 0 amide bonds. The van der Waals surface area contributed by atoms with Gasteiger partial charge in [-0.25, -0.2) is 4.98 Å².